The van der Waals surface area contributed by atoms with Crippen LogP contribution in [-0.2, 0) is 4.74 Å². The number of carbonyl (C=O) groups excluding carboxylic acids is 1. The molecule has 2 rings (SSSR count). The van der Waals surface area contributed by atoms with Gasteiger partial charge in [0.2, 0.25) is 5.13 Å². The molecule has 102 valence electrons. The molecular formula is C11H14N4O2S2. The molecule has 19 heavy (non-hydrogen) atoms. The van der Waals surface area contributed by atoms with Gasteiger partial charge in [-0.05, 0) is 12.7 Å². The summed E-state index contributed by atoms with van der Waals surface area (Å²) >= 11 is 2.86. The first kappa shape index (κ1) is 13.9. The van der Waals surface area contributed by atoms with Crippen LogP contribution in [0.3, 0.4) is 0 Å². The number of nitrogen functional groups attached to an aromatic ring is 1. The van der Waals surface area contributed by atoms with Crippen molar-refractivity contribution in [1.29, 1.82) is 0 Å². The minimum Gasteiger partial charge on any atom is -0.462 e. The van der Waals surface area contributed by atoms with Crippen LogP contribution in [-0.4, -0.2) is 33.1 Å². The summed E-state index contributed by atoms with van der Waals surface area (Å²) in [6.07, 6.45) is 1.66. The molecule has 0 saturated carbocycles. The van der Waals surface area contributed by atoms with Gasteiger partial charge in [0.1, 0.15) is 16.4 Å². The van der Waals surface area contributed by atoms with Crippen molar-refractivity contribution >= 4 is 34.9 Å². The second-order valence-electron chi connectivity index (χ2n) is 3.45. The van der Waals surface area contributed by atoms with Crippen LogP contribution in [0, 0.1) is 0 Å². The van der Waals surface area contributed by atoms with Crippen molar-refractivity contribution in [3.8, 4) is 5.13 Å². The monoisotopic (exact) mass is 298 g/mol. The third kappa shape index (κ3) is 2.74. The van der Waals surface area contributed by atoms with E-state index in [1.165, 1.54) is 27.8 Å². The summed E-state index contributed by atoms with van der Waals surface area (Å²) in [5.41, 5.74) is 6.33. The number of thioether (sulfide) groups is 1. The lowest BCUT2D eigenvalue weighted by molar-refractivity contribution is 0.0523. The molecule has 2 heterocycles. The Labute approximate surface area is 119 Å². The molecule has 0 unspecified atom stereocenters. The average Bonchev–Trinajstić information content (AvgIpc) is 2.98. The van der Waals surface area contributed by atoms with E-state index < -0.39 is 5.97 Å². The Hall–Kier alpha value is -1.54. The van der Waals surface area contributed by atoms with Crippen LogP contribution < -0.4 is 5.73 Å². The van der Waals surface area contributed by atoms with Gasteiger partial charge in [-0.2, -0.15) is 9.78 Å². The standard InChI is InChI=1S/C11H14N4O2S2/c1-3-17-10(16)7-8(12)15(11-13-5-6-19-11)14-9(7)18-4-2/h5-6H,3-4,12H2,1-2H3. The van der Waals surface area contributed by atoms with Gasteiger partial charge in [-0.1, -0.05) is 6.92 Å². The molecule has 2 aromatic heterocycles. The number of aromatic nitrogens is 3. The zero-order valence-corrected chi connectivity index (χ0v) is 12.3. The fraction of sp³-hybridized carbons (Fsp3) is 0.364. The topological polar surface area (TPSA) is 83.0 Å². The van der Waals surface area contributed by atoms with Crippen LogP contribution >= 0.6 is 23.1 Å². The Morgan fingerprint density at radius 1 is 1.58 bits per heavy atom. The van der Waals surface area contributed by atoms with Crippen LogP contribution in [0.25, 0.3) is 5.13 Å². The van der Waals surface area contributed by atoms with E-state index in [1.54, 1.807) is 13.1 Å². The van der Waals surface area contributed by atoms with Gasteiger partial charge in [-0.3, -0.25) is 0 Å². The first-order chi connectivity index (χ1) is 9.19. The molecule has 0 bridgehead atoms. The fourth-order valence-corrected chi connectivity index (χ4v) is 2.86. The minimum absolute atomic E-state index is 0.268. The van der Waals surface area contributed by atoms with Crippen LogP contribution in [0.4, 0.5) is 5.82 Å². The smallest absolute Gasteiger partial charge is 0.344 e. The quantitative estimate of drug-likeness (QED) is 0.673. The van der Waals surface area contributed by atoms with Crippen molar-refractivity contribution in [3.63, 3.8) is 0 Å². The molecule has 0 spiro atoms. The minimum atomic E-state index is -0.446. The molecule has 0 amide bonds. The number of rotatable bonds is 5. The van der Waals surface area contributed by atoms with Crippen molar-refractivity contribution in [2.24, 2.45) is 0 Å². The summed E-state index contributed by atoms with van der Waals surface area (Å²) in [6, 6.07) is 0. The Kier molecular flexibility index (Phi) is 4.43. The lowest BCUT2D eigenvalue weighted by Crippen LogP contribution is -2.09. The molecule has 0 aromatic carbocycles. The molecule has 0 aliphatic rings. The fourth-order valence-electron chi connectivity index (χ4n) is 1.51. The largest absolute Gasteiger partial charge is 0.462 e. The normalized spacial score (nSPS) is 10.6. The summed E-state index contributed by atoms with van der Waals surface area (Å²) in [5, 5.41) is 7.38. The van der Waals surface area contributed by atoms with Crippen molar-refractivity contribution < 1.29 is 9.53 Å². The highest BCUT2D eigenvalue weighted by Gasteiger charge is 2.24. The van der Waals surface area contributed by atoms with E-state index in [-0.39, 0.29) is 5.82 Å². The second kappa shape index (κ2) is 6.07. The van der Waals surface area contributed by atoms with Gasteiger partial charge < -0.3 is 10.5 Å². The van der Waals surface area contributed by atoms with Gasteiger partial charge in [0, 0.05) is 11.6 Å². The van der Waals surface area contributed by atoms with Crippen LogP contribution in [0.1, 0.15) is 24.2 Å². The number of thiazole rings is 1. The Bertz CT molecular complexity index is 566. The first-order valence-corrected chi connectivity index (χ1v) is 7.63. The molecular weight excluding hydrogens is 284 g/mol. The summed E-state index contributed by atoms with van der Waals surface area (Å²) in [6.45, 7) is 4.04. The highest BCUT2D eigenvalue weighted by Crippen LogP contribution is 2.29. The highest BCUT2D eigenvalue weighted by atomic mass is 32.2. The molecule has 0 aliphatic heterocycles. The van der Waals surface area contributed by atoms with Gasteiger partial charge in [0.25, 0.3) is 0 Å². The Balaban J connectivity index is 2.48. The maximum absolute atomic E-state index is 12.0. The number of ether oxygens (including phenoxy) is 1. The van der Waals surface area contributed by atoms with E-state index >= 15 is 0 Å². The summed E-state index contributed by atoms with van der Waals surface area (Å²) < 4.78 is 6.50. The SMILES string of the molecule is CCOC(=O)c1c(SCC)nn(-c2nccs2)c1N. The molecule has 0 fully saturated rings. The lowest BCUT2D eigenvalue weighted by Gasteiger charge is -2.02. The zero-order valence-electron chi connectivity index (χ0n) is 10.6. The zero-order chi connectivity index (χ0) is 13.8. The summed E-state index contributed by atoms with van der Waals surface area (Å²) in [5.74, 6) is 0.615. The molecule has 2 N–H and O–H groups in total. The van der Waals surface area contributed by atoms with Crippen molar-refractivity contribution in [3.05, 3.63) is 17.1 Å². The van der Waals surface area contributed by atoms with E-state index in [9.17, 15) is 4.79 Å². The molecule has 6 nitrogen and oxygen atoms in total. The molecule has 0 radical (unpaired) electrons. The number of nitrogens with zero attached hydrogens (tertiary/aromatic N) is 3. The Morgan fingerprint density at radius 2 is 2.37 bits per heavy atom. The average molecular weight is 298 g/mol. The number of hydrogen-bond acceptors (Lipinski definition) is 7. The van der Waals surface area contributed by atoms with Gasteiger partial charge in [0.05, 0.1) is 6.61 Å². The van der Waals surface area contributed by atoms with Crippen molar-refractivity contribution in [2.45, 2.75) is 18.9 Å². The predicted molar refractivity (Wildman–Crippen MR) is 76.0 cm³/mol. The van der Waals surface area contributed by atoms with E-state index in [0.717, 1.165) is 5.75 Å². The maximum atomic E-state index is 12.0. The molecule has 0 aliphatic carbocycles. The van der Waals surface area contributed by atoms with E-state index in [0.29, 0.717) is 22.3 Å². The molecule has 8 heteroatoms. The van der Waals surface area contributed by atoms with Crippen molar-refractivity contribution in [1.82, 2.24) is 14.8 Å². The number of carbonyl (C=O) groups is 1. The molecule has 2 aromatic rings. The maximum Gasteiger partial charge on any atom is 0.344 e. The number of esters is 1. The molecule has 0 atom stereocenters. The first-order valence-electron chi connectivity index (χ1n) is 5.77. The van der Waals surface area contributed by atoms with Gasteiger partial charge in [-0.15, -0.1) is 23.1 Å². The van der Waals surface area contributed by atoms with E-state index in [1.807, 2.05) is 12.3 Å². The third-order valence-electron chi connectivity index (χ3n) is 2.25. The number of hydrogen-bond donors (Lipinski definition) is 1. The van der Waals surface area contributed by atoms with E-state index in [4.69, 9.17) is 10.5 Å². The number of nitrogens with two attached hydrogens (primary N) is 1. The highest BCUT2D eigenvalue weighted by molar-refractivity contribution is 7.99. The summed E-state index contributed by atoms with van der Waals surface area (Å²) in [7, 11) is 0. The van der Waals surface area contributed by atoms with Crippen LogP contribution in [0.5, 0.6) is 0 Å². The third-order valence-corrected chi connectivity index (χ3v) is 3.84. The second-order valence-corrected chi connectivity index (χ2v) is 5.57. The van der Waals surface area contributed by atoms with Crippen LogP contribution in [0.15, 0.2) is 16.6 Å². The number of anilines is 1. The predicted octanol–water partition coefficient (Wildman–Crippen LogP) is 2.20. The molecule has 0 saturated heterocycles. The van der Waals surface area contributed by atoms with Gasteiger partial charge in [0.15, 0.2) is 0 Å². The lowest BCUT2D eigenvalue weighted by atomic mass is 10.3. The van der Waals surface area contributed by atoms with Crippen molar-refractivity contribution in [2.75, 3.05) is 18.1 Å². The van der Waals surface area contributed by atoms with E-state index in [2.05, 4.69) is 10.1 Å². The summed E-state index contributed by atoms with van der Waals surface area (Å²) in [4.78, 5) is 16.1. The Morgan fingerprint density at radius 3 is 2.95 bits per heavy atom. The van der Waals surface area contributed by atoms with Gasteiger partial charge >= 0.3 is 5.97 Å². The van der Waals surface area contributed by atoms with Crippen LogP contribution in [0.2, 0.25) is 0 Å². The van der Waals surface area contributed by atoms with Gasteiger partial charge in [-0.25, -0.2) is 9.78 Å².